The van der Waals surface area contributed by atoms with Gasteiger partial charge in [0, 0.05) is 6.54 Å². The maximum atomic E-state index is 11.4. The molecule has 0 aromatic carbocycles. The minimum Gasteiger partial charge on any atom is -0.440 e. The second-order valence-corrected chi connectivity index (χ2v) is 3.74. The number of hydrogen-bond acceptors (Lipinski definition) is 3. The molecule has 0 atom stereocenters. The van der Waals surface area contributed by atoms with E-state index in [0.29, 0.717) is 19.8 Å². The molecule has 16 heavy (non-hydrogen) atoms. The highest BCUT2D eigenvalue weighted by Gasteiger charge is 2.09. The summed E-state index contributed by atoms with van der Waals surface area (Å²) in [4.78, 5) is 11.4. The summed E-state index contributed by atoms with van der Waals surface area (Å²) in [6, 6.07) is 3.04. The Morgan fingerprint density at radius 3 is 2.94 bits per heavy atom. The van der Waals surface area contributed by atoms with Crippen LogP contribution in [0.4, 0.5) is 0 Å². The number of amides is 1. The topological polar surface area (TPSA) is 51.5 Å². The third-order valence-corrected chi connectivity index (χ3v) is 1.88. The molecular formula is C11H14ClNO3. The van der Waals surface area contributed by atoms with E-state index in [1.807, 2.05) is 6.92 Å². The molecule has 5 heteroatoms. The average molecular weight is 244 g/mol. The van der Waals surface area contributed by atoms with Gasteiger partial charge in [0.2, 0.25) is 0 Å². The van der Waals surface area contributed by atoms with E-state index < -0.39 is 0 Å². The SMILES string of the molecule is C=C(C)COCCNC(=O)c1ccc(Cl)o1. The number of nitrogens with one attached hydrogen (secondary N) is 1. The number of carbonyl (C=O) groups excluding carboxylic acids is 1. The van der Waals surface area contributed by atoms with E-state index in [1.54, 1.807) is 0 Å². The summed E-state index contributed by atoms with van der Waals surface area (Å²) in [6.45, 7) is 6.94. The molecule has 1 aromatic rings. The normalized spacial score (nSPS) is 10.1. The van der Waals surface area contributed by atoms with Crippen molar-refractivity contribution in [3.8, 4) is 0 Å². The van der Waals surface area contributed by atoms with Crippen molar-refractivity contribution in [1.29, 1.82) is 0 Å². The predicted octanol–water partition coefficient (Wildman–Crippen LogP) is 2.26. The van der Waals surface area contributed by atoms with Gasteiger partial charge < -0.3 is 14.5 Å². The fraction of sp³-hybridized carbons (Fsp3) is 0.364. The first-order valence-electron chi connectivity index (χ1n) is 4.85. The van der Waals surface area contributed by atoms with Crippen LogP contribution in [0.25, 0.3) is 0 Å². The quantitative estimate of drug-likeness (QED) is 0.616. The molecule has 1 amide bonds. The van der Waals surface area contributed by atoms with Crippen molar-refractivity contribution >= 4 is 17.5 Å². The summed E-state index contributed by atoms with van der Waals surface area (Å²) >= 11 is 5.54. The lowest BCUT2D eigenvalue weighted by molar-refractivity contribution is 0.0900. The smallest absolute Gasteiger partial charge is 0.287 e. The minimum atomic E-state index is -0.300. The lowest BCUT2D eigenvalue weighted by Crippen LogP contribution is -2.27. The van der Waals surface area contributed by atoms with Crippen molar-refractivity contribution in [2.75, 3.05) is 19.8 Å². The fourth-order valence-corrected chi connectivity index (χ4v) is 1.15. The van der Waals surface area contributed by atoms with Crippen LogP contribution in [0.2, 0.25) is 5.22 Å². The van der Waals surface area contributed by atoms with Gasteiger partial charge in [0.25, 0.3) is 5.91 Å². The van der Waals surface area contributed by atoms with Crippen LogP contribution in [0.15, 0.2) is 28.7 Å². The van der Waals surface area contributed by atoms with Gasteiger partial charge in [-0.3, -0.25) is 4.79 Å². The zero-order chi connectivity index (χ0) is 12.0. The molecule has 0 aliphatic carbocycles. The summed E-state index contributed by atoms with van der Waals surface area (Å²) in [5.41, 5.74) is 0.948. The summed E-state index contributed by atoms with van der Waals surface area (Å²) in [5.74, 6) is -0.101. The average Bonchev–Trinajstić information content (AvgIpc) is 2.63. The van der Waals surface area contributed by atoms with Crippen molar-refractivity contribution < 1.29 is 13.9 Å². The van der Waals surface area contributed by atoms with Crippen LogP contribution in [-0.4, -0.2) is 25.7 Å². The predicted molar refractivity (Wildman–Crippen MR) is 61.7 cm³/mol. The van der Waals surface area contributed by atoms with Crippen LogP contribution in [0.5, 0.6) is 0 Å². The molecule has 1 heterocycles. The van der Waals surface area contributed by atoms with Crippen molar-refractivity contribution in [3.05, 3.63) is 35.3 Å². The zero-order valence-electron chi connectivity index (χ0n) is 9.09. The third-order valence-electron chi connectivity index (χ3n) is 1.68. The monoisotopic (exact) mass is 243 g/mol. The Labute approximate surface area is 99.2 Å². The van der Waals surface area contributed by atoms with Crippen LogP contribution in [0, 0.1) is 0 Å². The second-order valence-electron chi connectivity index (χ2n) is 3.37. The van der Waals surface area contributed by atoms with Crippen LogP contribution < -0.4 is 5.32 Å². The Morgan fingerprint density at radius 1 is 1.62 bits per heavy atom. The third kappa shape index (κ3) is 4.51. The molecular weight excluding hydrogens is 230 g/mol. The maximum Gasteiger partial charge on any atom is 0.287 e. The number of halogens is 1. The van der Waals surface area contributed by atoms with E-state index in [0.717, 1.165) is 5.57 Å². The van der Waals surface area contributed by atoms with E-state index in [4.69, 9.17) is 20.8 Å². The molecule has 0 unspecified atom stereocenters. The van der Waals surface area contributed by atoms with Gasteiger partial charge in [-0.05, 0) is 30.7 Å². The van der Waals surface area contributed by atoms with Crippen LogP contribution in [0.3, 0.4) is 0 Å². The van der Waals surface area contributed by atoms with Gasteiger partial charge in [0.15, 0.2) is 11.0 Å². The van der Waals surface area contributed by atoms with E-state index in [9.17, 15) is 4.79 Å². The second kappa shape index (κ2) is 6.35. The van der Waals surface area contributed by atoms with E-state index in [2.05, 4.69) is 11.9 Å². The highest BCUT2D eigenvalue weighted by Crippen LogP contribution is 2.12. The lowest BCUT2D eigenvalue weighted by Gasteiger charge is -2.04. The Bertz CT molecular complexity index is 373. The molecule has 1 aromatic heterocycles. The van der Waals surface area contributed by atoms with Gasteiger partial charge >= 0.3 is 0 Å². The Balaban J connectivity index is 2.18. The van der Waals surface area contributed by atoms with E-state index >= 15 is 0 Å². The maximum absolute atomic E-state index is 11.4. The molecule has 1 N–H and O–H groups in total. The molecule has 0 spiro atoms. The van der Waals surface area contributed by atoms with Gasteiger partial charge in [-0.2, -0.15) is 0 Å². The summed E-state index contributed by atoms with van der Waals surface area (Å²) in [7, 11) is 0. The number of ether oxygens (including phenoxy) is 1. The number of hydrogen-bond donors (Lipinski definition) is 1. The van der Waals surface area contributed by atoms with Crippen molar-refractivity contribution in [2.24, 2.45) is 0 Å². The van der Waals surface area contributed by atoms with E-state index in [-0.39, 0.29) is 16.9 Å². The molecule has 0 radical (unpaired) electrons. The zero-order valence-corrected chi connectivity index (χ0v) is 9.84. The molecule has 1 rings (SSSR count). The van der Waals surface area contributed by atoms with Crippen molar-refractivity contribution in [3.63, 3.8) is 0 Å². The minimum absolute atomic E-state index is 0.198. The lowest BCUT2D eigenvalue weighted by atomic mass is 10.4. The Hall–Kier alpha value is -1.26. The number of furan rings is 1. The highest BCUT2D eigenvalue weighted by atomic mass is 35.5. The summed E-state index contributed by atoms with van der Waals surface area (Å²) in [5, 5.41) is 2.84. The highest BCUT2D eigenvalue weighted by molar-refractivity contribution is 6.29. The molecule has 0 aliphatic heterocycles. The van der Waals surface area contributed by atoms with Gasteiger partial charge in [-0.15, -0.1) is 0 Å². The standard InChI is InChI=1S/C11H14ClNO3/c1-8(2)7-15-6-5-13-11(14)9-3-4-10(12)16-9/h3-4H,1,5-7H2,2H3,(H,13,14). The van der Waals surface area contributed by atoms with Gasteiger partial charge in [-0.1, -0.05) is 12.2 Å². The Morgan fingerprint density at radius 2 is 2.38 bits per heavy atom. The molecule has 0 saturated heterocycles. The van der Waals surface area contributed by atoms with Crippen LogP contribution in [-0.2, 0) is 4.74 Å². The first kappa shape index (κ1) is 12.8. The van der Waals surface area contributed by atoms with Gasteiger partial charge in [-0.25, -0.2) is 0 Å². The first-order chi connectivity index (χ1) is 7.59. The molecule has 0 aliphatic rings. The molecule has 0 bridgehead atoms. The van der Waals surface area contributed by atoms with Crippen LogP contribution >= 0.6 is 11.6 Å². The van der Waals surface area contributed by atoms with Gasteiger partial charge in [0.05, 0.1) is 13.2 Å². The number of carbonyl (C=O) groups is 1. The molecule has 88 valence electrons. The van der Waals surface area contributed by atoms with Crippen LogP contribution in [0.1, 0.15) is 17.5 Å². The number of rotatable bonds is 6. The van der Waals surface area contributed by atoms with Gasteiger partial charge in [0.1, 0.15) is 0 Å². The summed E-state index contributed by atoms with van der Waals surface area (Å²) in [6.07, 6.45) is 0. The fourth-order valence-electron chi connectivity index (χ4n) is 1.01. The first-order valence-corrected chi connectivity index (χ1v) is 5.23. The largest absolute Gasteiger partial charge is 0.440 e. The van der Waals surface area contributed by atoms with E-state index in [1.165, 1.54) is 12.1 Å². The Kier molecular flexibility index (Phi) is 5.08. The van der Waals surface area contributed by atoms with Crippen molar-refractivity contribution in [2.45, 2.75) is 6.92 Å². The molecule has 0 saturated carbocycles. The van der Waals surface area contributed by atoms with Crippen molar-refractivity contribution in [1.82, 2.24) is 5.32 Å². The molecule has 4 nitrogen and oxygen atoms in total. The molecule has 0 fully saturated rings. The summed E-state index contributed by atoms with van der Waals surface area (Å²) < 4.78 is 10.2.